The molecule has 90 valence electrons. The largest absolute Gasteiger partial charge is 0.455 e. The second-order valence-corrected chi connectivity index (χ2v) is 3.95. The van der Waals surface area contributed by atoms with Gasteiger partial charge in [0.15, 0.2) is 5.75 Å². The molecule has 0 saturated heterocycles. The number of nitriles is 1. The summed E-state index contributed by atoms with van der Waals surface area (Å²) in [6.45, 7) is 0. The van der Waals surface area contributed by atoms with Crippen LogP contribution in [0.1, 0.15) is 5.56 Å². The van der Waals surface area contributed by atoms with Crippen LogP contribution in [0.5, 0.6) is 11.5 Å². The minimum Gasteiger partial charge on any atom is -0.455 e. The zero-order valence-corrected chi connectivity index (χ0v) is 9.91. The molecule has 0 heterocycles. The third-order valence-electron chi connectivity index (χ3n) is 2.24. The number of nitrogens with zero attached hydrogens (tertiary/aromatic N) is 1. The Hall–Kier alpha value is -2.25. The van der Waals surface area contributed by atoms with E-state index in [4.69, 9.17) is 27.3 Å². The maximum Gasteiger partial charge on any atom is 0.151 e. The quantitative estimate of drug-likeness (QED) is 0.839. The smallest absolute Gasteiger partial charge is 0.151 e. The molecule has 5 heteroatoms. The van der Waals surface area contributed by atoms with Crippen LogP contribution in [0.25, 0.3) is 0 Å². The normalized spacial score (nSPS) is 9.83. The molecule has 3 nitrogen and oxygen atoms in total. The van der Waals surface area contributed by atoms with Crippen LogP contribution in [0.2, 0.25) is 5.02 Å². The van der Waals surface area contributed by atoms with Crippen LogP contribution in [-0.4, -0.2) is 0 Å². The number of rotatable bonds is 2. The van der Waals surface area contributed by atoms with Crippen molar-refractivity contribution in [1.82, 2.24) is 0 Å². The second kappa shape index (κ2) is 4.94. The van der Waals surface area contributed by atoms with E-state index in [2.05, 4.69) is 0 Å². The van der Waals surface area contributed by atoms with Gasteiger partial charge in [-0.2, -0.15) is 5.26 Å². The average molecular weight is 263 g/mol. The van der Waals surface area contributed by atoms with Crippen molar-refractivity contribution in [2.24, 2.45) is 0 Å². The van der Waals surface area contributed by atoms with E-state index in [1.807, 2.05) is 6.07 Å². The first-order valence-corrected chi connectivity index (χ1v) is 5.40. The summed E-state index contributed by atoms with van der Waals surface area (Å²) < 4.78 is 18.6. The Kier molecular flexibility index (Phi) is 3.35. The van der Waals surface area contributed by atoms with Gasteiger partial charge in [0.25, 0.3) is 0 Å². The van der Waals surface area contributed by atoms with Gasteiger partial charge in [0, 0.05) is 12.1 Å². The Morgan fingerprint density at radius 3 is 2.78 bits per heavy atom. The van der Waals surface area contributed by atoms with E-state index in [1.54, 1.807) is 24.3 Å². The van der Waals surface area contributed by atoms with Crippen molar-refractivity contribution in [3.05, 3.63) is 52.8 Å². The lowest BCUT2D eigenvalue weighted by molar-refractivity contribution is 0.483. The average Bonchev–Trinajstić information content (AvgIpc) is 2.36. The van der Waals surface area contributed by atoms with Crippen LogP contribution < -0.4 is 10.5 Å². The van der Waals surface area contributed by atoms with Gasteiger partial charge in [-0.15, -0.1) is 0 Å². The van der Waals surface area contributed by atoms with Gasteiger partial charge in [0.05, 0.1) is 22.3 Å². The van der Waals surface area contributed by atoms with Crippen molar-refractivity contribution in [3.63, 3.8) is 0 Å². The molecule has 0 spiro atoms. The van der Waals surface area contributed by atoms with Gasteiger partial charge in [-0.05, 0) is 18.2 Å². The lowest BCUT2D eigenvalue weighted by Crippen LogP contribution is -1.94. The van der Waals surface area contributed by atoms with Crippen LogP contribution in [0, 0.1) is 17.1 Å². The molecule has 0 aliphatic rings. The highest BCUT2D eigenvalue weighted by Gasteiger charge is 2.08. The molecule has 2 N–H and O–H groups in total. The number of nitrogens with two attached hydrogens (primary N) is 1. The molecule has 0 bridgehead atoms. The molecule has 0 aromatic heterocycles. The van der Waals surface area contributed by atoms with E-state index >= 15 is 0 Å². The monoisotopic (exact) mass is 262 g/mol. The van der Waals surface area contributed by atoms with Crippen molar-refractivity contribution in [2.75, 3.05) is 5.73 Å². The molecule has 2 aromatic carbocycles. The fraction of sp³-hybridized carbons (Fsp3) is 0. The van der Waals surface area contributed by atoms with Crippen LogP contribution in [0.3, 0.4) is 0 Å². The molecule has 0 aliphatic heterocycles. The van der Waals surface area contributed by atoms with Crippen molar-refractivity contribution in [3.8, 4) is 17.6 Å². The van der Waals surface area contributed by atoms with E-state index < -0.39 is 5.82 Å². The Bertz CT molecular complexity index is 637. The maximum absolute atomic E-state index is 13.1. The van der Waals surface area contributed by atoms with Crippen molar-refractivity contribution < 1.29 is 9.13 Å². The fourth-order valence-electron chi connectivity index (χ4n) is 1.39. The number of anilines is 1. The summed E-state index contributed by atoms with van der Waals surface area (Å²) in [6, 6.07) is 10.9. The van der Waals surface area contributed by atoms with E-state index in [-0.39, 0.29) is 16.5 Å². The highest BCUT2D eigenvalue weighted by molar-refractivity contribution is 6.31. The molecule has 0 saturated carbocycles. The SMILES string of the molecule is N#Cc1cccc(Oc2cc(Cl)c(F)cc2N)c1. The second-order valence-electron chi connectivity index (χ2n) is 3.55. The predicted molar refractivity (Wildman–Crippen MR) is 67.1 cm³/mol. The zero-order chi connectivity index (χ0) is 13.1. The molecular weight excluding hydrogens is 255 g/mol. The Morgan fingerprint density at radius 1 is 1.28 bits per heavy atom. The topological polar surface area (TPSA) is 59.0 Å². The van der Waals surface area contributed by atoms with Gasteiger partial charge in [0.2, 0.25) is 0 Å². The predicted octanol–water partition coefficient (Wildman–Crippen LogP) is 3.73. The maximum atomic E-state index is 13.1. The molecule has 0 aliphatic carbocycles. The Morgan fingerprint density at radius 2 is 2.06 bits per heavy atom. The van der Waals surface area contributed by atoms with Crippen LogP contribution in [-0.2, 0) is 0 Å². The number of ether oxygens (including phenoxy) is 1. The molecular formula is C13H8ClFN2O. The fourth-order valence-corrected chi connectivity index (χ4v) is 1.54. The standard InChI is InChI=1S/C13H8ClFN2O/c14-10-5-13(12(17)6-11(10)15)18-9-3-1-2-8(4-9)7-16/h1-6H,17H2. The number of benzene rings is 2. The molecule has 2 rings (SSSR count). The number of hydrogen-bond acceptors (Lipinski definition) is 3. The molecule has 0 radical (unpaired) electrons. The Balaban J connectivity index is 2.34. The van der Waals surface area contributed by atoms with Gasteiger partial charge < -0.3 is 10.5 Å². The third kappa shape index (κ3) is 2.53. The molecule has 0 fully saturated rings. The first-order chi connectivity index (χ1) is 8.60. The summed E-state index contributed by atoms with van der Waals surface area (Å²) in [6.07, 6.45) is 0. The first-order valence-electron chi connectivity index (χ1n) is 5.02. The van der Waals surface area contributed by atoms with E-state index in [9.17, 15) is 4.39 Å². The van der Waals surface area contributed by atoms with Gasteiger partial charge in [-0.25, -0.2) is 4.39 Å². The molecule has 0 atom stereocenters. The lowest BCUT2D eigenvalue weighted by Gasteiger charge is -2.09. The van der Waals surface area contributed by atoms with Crippen LogP contribution >= 0.6 is 11.6 Å². The summed E-state index contributed by atoms with van der Waals surface area (Å²) in [4.78, 5) is 0. The van der Waals surface area contributed by atoms with E-state index in [0.29, 0.717) is 11.3 Å². The van der Waals surface area contributed by atoms with E-state index in [0.717, 1.165) is 6.07 Å². The summed E-state index contributed by atoms with van der Waals surface area (Å²) >= 11 is 5.65. The van der Waals surface area contributed by atoms with Crippen molar-refractivity contribution >= 4 is 17.3 Å². The first kappa shape index (κ1) is 12.2. The summed E-state index contributed by atoms with van der Waals surface area (Å²) in [5, 5.41) is 8.69. The molecule has 18 heavy (non-hydrogen) atoms. The zero-order valence-electron chi connectivity index (χ0n) is 9.15. The number of hydrogen-bond donors (Lipinski definition) is 1. The Labute approximate surface area is 108 Å². The molecule has 0 unspecified atom stereocenters. The van der Waals surface area contributed by atoms with Crippen molar-refractivity contribution in [2.45, 2.75) is 0 Å². The van der Waals surface area contributed by atoms with E-state index in [1.165, 1.54) is 6.07 Å². The van der Waals surface area contributed by atoms with Crippen molar-refractivity contribution in [1.29, 1.82) is 5.26 Å². The van der Waals surface area contributed by atoms with Gasteiger partial charge in [-0.3, -0.25) is 0 Å². The van der Waals surface area contributed by atoms with Crippen LogP contribution in [0.4, 0.5) is 10.1 Å². The summed E-state index contributed by atoms with van der Waals surface area (Å²) in [7, 11) is 0. The minimum atomic E-state index is -0.604. The number of halogens is 2. The van der Waals surface area contributed by atoms with Gasteiger partial charge >= 0.3 is 0 Å². The highest BCUT2D eigenvalue weighted by Crippen LogP contribution is 2.32. The number of nitrogen functional groups attached to an aromatic ring is 1. The highest BCUT2D eigenvalue weighted by atomic mass is 35.5. The lowest BCUT2D eigenvalue weighted by atomic mass is 10.2. The minimum absolute atomic E-state index is 0.0735. The summed E-state index contributed by atoms with van der Waals surface area (Å²) in [5.74, 6) is 0.0761. The van der Waals surface area contributed by atoms with Crippen LogP contribution in [0.15, 0.2) is 36.4 Å². The van der Waals surface area contributed by atoms with Gasteiger partial charge in [-0.1, -0.05) is 17.7 Å². The molecule has 0 amide bonds. The third-order valence-corrected chi connectivity index (χ3v) is 2.53. The summed E-state index contributed by atoms with van der Waals surface area (Å²) in [5.41, 5.74) is 6.22. The molecule has 2 aromatic rings. The van der Waals surface area contributed by atoms with Gasteiger partial charge in [0.1, 0.15) is 11.6 Å².